The number of halogens is 1. The number of imidazole rings is 1. The number of benzene rings is 1. The minimum atomic E-state index is -3.77. The highest BCUT2D eigenvalue weighted by Crippen LogP contribution is 2.28. The van der Waals surface area contributed by atoms with E-state index in [-0.39, 0.29) is 9.63 Å². The van der Waals surface area contributed by atoms with Crippen LogP contribution in [0.25, 0.3) is 15.9 Å². The highest BCUT2D eigenvalue weighted by Gasteiger charge is 2.24. The van der Waals surface area contributed by atoms with Crippen LogP contribution in [-0.2, 0) is 10.0 Å². The number of hydrogen-bond donors (Lipinski definition) is 2. The summed E-state index contributed by atoms with van der Waals surface area (Å²) in [6.45, 7) is 0. The van der Waals surface area contributed by atoms with Gasteiger partial charge in [-0.2, -0.15) is 13.5 Å². The van der Waals surface area contributed by atoms with E-state index in [0.717, 1.165) is 10.9 Å². The van der Waals surface area contributed by atoms with Crippen molar-refractivity contribution in [2.45, 2.75) is 5.03 Å². The summed E-state index contributed by atoms with van der Waals surface area (Å²) in [6.07, 6.45) is 3.31. The number of hydrogen-bond acceptors (Lipinski definition) is 5. The third-order valence-electron chi connectivity index (χ3n) is 3.13. The molecular weight excluding hydrogens is 390 g/mol. The van der Waals surface area contributed by atoms with E-state index in [1.807, 2.05) is 0 Å². The summed E-state index contributed by atoms with van der Waals surface area (Å²) < 4.78 is 29.7. The molecule has 0 spiro atoms. The minimum absolute atomic E-state index is 0.0797. The van der Waals surface area contributed by atoms with E-state index < -0.39 is 10.0 Å². The molecule has 3 aromatic heterocycles. The van der Waals surface area contributed by atoms with E-state index in [2.05, 4.69) is 35.8 Å². The van der Waals surface area contributed by atoms with Gasteiger partial charge in [0.1, 0.15) is 4.60 Å². The van der Waals surface area contributed by atoms with Crippen LogP contribution < -0.4 is 4.72 Å². The molecule has 0 unspecified atom stereocenters. The van der Waals surface area contributed by atoms with Gasteiger partial charge in [0.15, 0.2) is 9.99 Å². The van der Waals surface area contributed by atoms with Crippen molar-refractivity contribution in [2.24, 2.45) is 0 Å². The quantitative estimate of drug-likeness (QED) is 0.555. The van der Waals surface area contributed by atoms with Crippen molar-refractivity contribution in [2.75, 3.05) is 4.72 Å². The Balaban J connectivity index is 1.80. The number of thiazole rings is 1. The maximum atomic E-state index is 12.6. The predicted molar refractivity (Wildman–Crippen MR) is 87.7 cm³/mol. The first-order chi connectivity index (χ1) is 10.5. The topological polar surface area (TPSA) is 92.1 Å². The largest absolute Gasteiger partial charge is 0.280 e. The molecule has 0 fully saturated rings. The molecule has 0 saturated carbocycles. The Bertz CT molecular complexity index is 1100. The van der Waals surface area contributed by atoms with E-state index >= 15 is 0 Å². The maximum absolute atomic E-state index is 12.6. The molecular formula is C12H8BrN5O2S2. The molecule has 1 aromatic carbocycles. The molecule has 0 radical (unpaired) electrons. The van der Waals surface area contributed by atoms with Crippen LogP contribution in [0.1, 0.15) is 0 Å². The number of H-pyrrole nitrogens is 1. The summed E-state index contributed by atoms with van der Waals surface area (Å²) in [4.78, 5) is 4.80. The molecule has 0 bridgehead atoms. The standard InChI is InChI=1S/C12H8BrN5O2S2/c13-10-11(18-3-4-21-12(18)15-10)22(19,20)17-8-1-2-9-7(5-8)6-14-16-9/h1-6,17H,(H,14,16). The van der Waals surface area contributed by atoms with Crippen LogP contribution in [0.5, 0.6) is 0 Å². The lowest BCUT2D eigenvalue weighted by atomic mass is 10.2. The van der Waals surface area contributed by atoms with Crippen molar-refractivity contribution >= 4 is 58.8 Å². The first-order valence-electron chi connectivity index (χ1n) is 6.11. The second kappa shape index (κ2) is 4.80. The van der Waals surface area contributed by atoms with Gasteiger partial charge in [-0.1, -0.05) is 0 Å². The summed E-state index contributed by atoms with van der Waals surface area (Å²) >= 11 is 4.58. The van der Waals surface area contributed by atoms with Crippen LogP contribution in [0.2, 0.25) is 0 Å². The fourth-order valence-electron chi connectivity index (χ4n) is 2.19. The summed E-state index contributed by atoms with van der Waals surface area (Å²) in [5, 5.41) is 9.42. The van der Waals surface area contributed by atoms with Gasteiger partial charge in [-0.15, -0.1) is 11.3 Å². The number of anilines is 1. The zero-order valence-electron chi connectivity index (χ0n) is 10.8. The molecule has 0 aliphatic heterocycles. The van der Waals surface area contributed by atoms with Crippen molar-refractivity contribution in [3.63, 3.8) is 0 Å². The molecule has 112 valence electrons. The third-order valence-corrected chi connectivity index (χ3v) is 6.10. The van der Waals surface area contributed by atoms with E-state index in [9.17, 15) is 8.42 Å². The number of nitrogens with zero attached hydrogens (tertiary/aromatic N) is 3. The van der Waals surface area contributed by atoms with Crippen molar-refractivity contribution in [1.29, 1.82) is 0 Å². The van der Waals surface area contributed by atoms with Crippen molar-refractivity contribution in [3.8, 4) is 0 Å². The molecule has 0 aliphatic carbocycles. The molecule has 4 aromatic rings. The monoisotopic (exact) mass is 397 g/mol. The van der Waals surface area contributed by atoms with E-state index in [0.29, 0.717) is 10.6 Å². The second-order valence-corrected chi connectivity index (χ2v) is 7.76. The first-order valence-corrected chi connectivity index (χ1v) is 9.27. The van der Waals surface area contributed by atoms with Gasteiger partial charge in [-0.25, -0.2) is 4.98 Å². The molecule has 10 heteroatoms. The molecule has 0 atom stereocenters. The molecule has 0 aliphatic rings. The van der Waals surface area contributed by atoms with Gasteiger partial charge in [0, 0.05) is 22.7 Å². The lowest BCUT2D eigenvalue weighted by Gasteiger charge is -2.07. The van der Waals surface area contributed by atoms with Gasteiger partial charge in [-0.05, 0) is 34.1 Å². The number of aromatic amines is 1. The van der Waals surface area contributed by atoms with Crippen LogP contribution in [0.15, 0.2) is 45.6 Å². The van der Waals surface area contributed by atoms with Crippen LogP contribution in [0, 0.1) is 0 Å². The van der Waals surface area contributed by atoms with E-state index in [1.54, 1.807) is 36.0 Å². The summed E-state index contributed by atoms with van der Waals surface area (Å²) in [5.74, 6) is 0. The Morgan fingerprint density at radius 2 is 2.23 bits per heavy atom. The first kappa shape index (κ1) is 13.7. The normalized spacial score (nSPS) is 12.2. The number of sulfonamides is 1. The van der Waals surface area contributed by atoms with Gasteiger partial charge in [0.2, 0.25) is 0 Å². The molecule has 0 amide bonds. The molecule has 0 saturated heterocycles. The molecule has 22 heavy (non-hydrogen) atoms. The molecule has 3 heterocycles. The zero-order valence-corrected chi connectivity index (χ0v) is 14.0. The minimum Gasteiger partial charge on any atom is -0.278 e. The number of aromatic nitrogens is 4. The highest BCUT2D eigenvalue weighted by atomic mass is 79.9. The number of fused-ring (bicyclic) bond motifs is 2. The van der Waals surface area contributed by atoms with Gasteiger partial charge in [-0.3, -0.25) is 14.2 Å². The zero-order chi connectivity index (χ0) is 15.3. The van der Waals surface area contributed by atoms with Crippen LogP contribution >= 0.6 is 27.3 Å². The summed E-state index contributed by atoms with van der Waals surface area (Å²) in [6, 6.07) is 5.17. The highest BCUT2D eigenvalue weighted by molar-refractivity contribution is 9.10. The lowest BCUT2D eigenvalue weighted by Crippen LogP contribution is -2.15. The molecule has 7 nitrogen and oxygen atoms in total. The third kappa shape index (κ3) is 2.11. The van der Waals surface area contributed by atoms with E-state index in [4.69, 9.17) is 0 Å². The van der Waals surface area contributed by atoms with E-state index in [1.165, 1.54) is 15.7 Å². The Labute approximate surface area is 137 Å². The Morgan fingerprint density at radius 3 is 3.09 bits per heavy atom. The Hall–Kier alpha value is -1.91. The van der Waals surface area contributed by atoms with Gasteiger partial charge < -0.3 is 0 Å². The van der Waals surface area contributed by atoms with Crippen LogP contribution in [0.3, 0.4) is 0 Å². The summed E-state index contributed by atoms with van der Waals surface area (Å²) in [7, 11) is -3.77. The molecule has 2 N–H and O–H groups in total. The van der Waals surface area contributed by atoms with Crippen molar-refractivity contribution < 1.29 is 8.42 Å². The average molecular weight is 398 g/mol. The predicted octanol–water partition coefficient (Wildman–Crippen LogP) is 2.84. The van der Waals surface area contributed by atoms with Crippen LogP contribution in [-0.4, -0.2) is 28.0 Å². The SMILES string of the molecule is O=S(=O)(Nc1ccc2[nH]ncc2c1)c1c(Br)nc2sccn12. The number of rotatable bonds is 3. The fraction of sp³-hybridized carbons (Fsp3) is 0. The smallest absolute Gasteiger partial charge is 0.278 e. The fourth-order valence-corrected chi connectivity index (χ4v) is 5.28. The van der Waals surface area contributed by atoms with Gasteiger partial charge in [0.25, 0.3) is 10.0 Å². The van der Waals surface area contributed by atoms with Crippen molar-refractivity contribution in [1.82, 2.24) is 19.6 Å². The summed E-state index contributed by atoms with van der Waals surface area (Å²) in [5.41, 5.74) is 1.31. The maximum Gasteiger partial charge on any atom is 0.280 e. The van der Waals surface area contributed by atoms with Crippen LogP contribution in [0.4, 0.5) is 5.69 Å². The Kier molecular flexibility index (Phi) is 2.99. The van der Waals surface area contributed by atoms with Crippen molar-refractivity contribution in [3.05, 3.63) is 40.6 Å². The average Bonchev–Trinajstić information content (AvgIpc) is 3.11. The van der Waals surface area contributed by atoms with Gasteiger partial charge >= 0.3 is 0 Å². The van der Waals surface area contributed by atoms with Gasteiger partial charge in [0.05, 0.1) is 11.7 Å². The Morgan fingerprint density at radius 1 is 1.36 bits per heavy atom. The molecule has 4 rings (SSSR count). The lowest BCUT2D eigenvalue weighted by molar-refractivity contribution is 0.596. The number of nitrogens with one attached hydrogen (secondary N) is 2. The second-order valence-electron chi connectivity index (χ2n) is 4.54.